The van der Waals surface area contributed by atoms with Crippen LogP contribution in [-0.4, -0.2) is 5.97 Å². The summed E-state index contributed by atoms with van der Waals surface area (Å²) in [6.45, 7) is 0. The normalized spacial score (nSPS) is 15.7. The molecule has 0 aromatic heterocycles. The molecule has 1 aliphatic heterocycles. The lowest BCUT2D eigenvalue weighted by Crippen LogP contribution is -2.06. The number of esters is 1. The third kappa shape index (κ3) is 2.05. The lowest BCUT2D eigenvalue weighted by atomic mass is 10.1. The zero-order valence-corrected chi connectivity index (χ0v) is 11.7. The van der Waals surface area contributed by atoms with Gasteiger partial charge in [0.25, 0.3) is 0 Å². The molecule has 74 valence electrons. The van der Waals surface area contributed by atoms with Crippen LogP contribution in [0.1, 0.15) is 18.4 Å². The summed E-state index contributed by atoms with van der Waals surface area (Å²) >= 11 is 4.48. The number of carbonyl (C=O) groups excluding carboxylic acids is 1. The Morgan fingerprint density at radius 2 is 2.00 bits per heavy atom. The molecule has 2 rings (SSSR count). The highest BCUT2D eigenvalue weighted by atomic mass is 127. The van der Waals surface area contributed by atoms with Crippen LogP contribution in [0, 0.1) is 7.14 Å². The van der Waals surface area contributed by atoms with Crippen molar-refractivity contribution in [2.45, 2.75) is 19.3 Å². The van der Waals surface area contributed by atoms with Gasteiger partial charge < -0.3 is 4.74 Å². The minimum Gasteiger partial charge on any atom is -0.425 e. The van der Waals surface area contributed by atoms with Gasteiger partial charge in [-0.15, -0.1) is 0 Å². The number of rotatable bonds is 0. The van der Waals surface area contributed by atoms with Crippen LogP contribution in [0.3, 0.4) is 0 Å². The van der Waals surface area contributed by atoms with E-state index in [0.29, 0.717) is 6.42 Å². The summed E-state index contributed by atoms with van der Waals surface area (Å²) < 4.78 is 7.50. The molecule has 0 bridgehead atoms. The Bertz CT molecular complexity index is 388. The van der Waals surface area contributed by atoms with E-state index >= 15 is 0 Å². The van der Waals surface area contributed by atoms with Crippen LogP contribution in [-0.2, 0) is 11.2 Å². The molecule has 1 aromatic carbocycles. The predicted molar refractivity (Wildman–Crippen MR) is 70.4 cm³/mol. The average molecular weight is 414 g/mol. The molecule has 0 amide bonds. The van der Waals surface area contributed by atoms with Crippen molar-refractivity contribution in [1.29, 1.82) is 0 Å². The third-order valence-electron chi connectivity index (χ3n) is 2.17. The lowest BCUT2D eigenvalue weighted by molar-refractivity contribution is -0.134. The van der Waals surface area contributed by atoms with E-state index in [9.17, 15) is 4.79 Å². The summed E-state index contributed by atoms with van der Waals surface area (Å²) in [5.41, 5.74) is 1.15. The fourth-order valence-corrected chi connectivity index (χ4v) is 2.53. The molecule has 0 N–H and O–H groups in total. The Labute approximate surface area is 110 Å². The van der Waals surface area contributed by atoms with Crippen molar-refractivity contribution in [2.75, 3.05) is 0 Å². The zero-order valence-electron chi connectivity index (χ0n) is 7.35. The Balaban J connectivity index is 2.51. The fraction of sp³-hybridized carbons (Fsp3) is 0.300. The minimum absolute atomic E-state index is 0.108. The zero-order chi connectivity index (χ0) is 10.1. The smallest absolute Gasteiger partial charge is 0.311 e. The number of benzene rings is 1. The number of ether oxygens (including phenoxy) is 1. The topological polar surface area (TPSA) is 26.3 Å². The maximum atomic E-state index is 11.3. The van der Waals surface area contributed by atoms with Crippen molar-refractivity contribution in [3.05, 3.63) is 24.8 Å². The molecule has 4 heteroatoms. The van der Waals surface area contributed by atoms with Gasteiger partial charge in [-0.1, -0.05) is 6.07 Å². The summed E-state index contributed by atoms with van der Waals surface area (Å²) in [6.07, 6.45) is 2.36. The van der Waals surface area contributed by atoms with Gasteiger partial charge in [0.15, 0.2) is 0 Å². The van der Waals surface area contributed by atoms with Crippen LogP contribution in [0.25, 0.3) is 0 Å². The molecule has 0 spiro atoms. The SMILES string of the molecule is O=C1CCCc2ccc(I)c(I)c2O1. The first-order valence-corrected chi connectivity index (χ1v) is 6.52. The summed E-state index contributed by atoms with van der Waals surface area (Å²) in [5, 5.41) is 0. The third-order valence-corrected chi connectivity index (χ3v) is 5.18. The van der Waals surface area contributed by atoms with Gasteiger partial charge in [0.1, 0.15) is 5.75 Å². The summed E-state index contributed by atoms with van der Waals surface area (Å²) in [6, 6.07) is 4.12. The Kier molecular flexibility index (Phi) is 3.30. The molecule has 1 heterocycles. The second kappa shape index (κ2) is 4.34. The van der Waals surface area contributed by atoms with Gasteiger partial charge in [-0.3, -0.25) is 4.79 Å². The lowest BCUT2D eigenvalue weighted by Gasteiger charge is -2.08. The first-order valence-electron chi connectivity index (χ1n) is 4.36. The van der Waals surface area contributed by atoms with Crippen LogP contribution in [0.5, 0.6) is 5.75 Å². The molecule has 0 saturated carbocycles. The fourth-order valence-electron chi connectivity index (χ4n) is 1.47. The van der Waals surface area contributed by atoms with E-state index in [1.165, 1.54) is 0 Å². The molecule has 0 unspecified atom stereocenters. The number of carbonyl (C=O) groups is 1. The first-order chi connectivity index (χ1) is 6.68. The molecule has 0 atom stereocenters. The Morgan fingerprint density at radius 1 is 1.21 bits per heavy atom. The van der Waals surface area contributed by atoms with Crippen molar-refractivity contribution < 1.29 is 9.53 Å². The van der Waals surface area contributed by atoms with Crippen molar-refractivity contribution >= 4 is 51.2 Å². The highest BCUT2D eigenvalue weighted by Crippen LogP contribution is 2.32. The number of halogens is 2. The second-order valence-corrected chi connectivity index (χ2v) is 5.42. The molecular weight excluding hydrogens is 406 g/mol. The van der Waals surface area contributed by atoms with Crippen LogP contribution in [0.4, 0.5) is 0 Å². The maximum Gasteiger partial charge on any atom is 0.311 e. The van der Waals surface area contributed by atoms with Gasteiger partial charge in [0.05, 0.1) is 3.57 Å². The van der Waals surface area contributed by atoms with Crippen molar-refractivity contribution in [2.24, 2.45) is 0 Å². The van der Waals surface area contributed by atoms with Gasteiger partial charge in [0.2, 0.25) is 0 Å². The molecule has 1 aromatic rings. The van der Waals surface area contributed by atoms with Crippen LogP contribution in [0.15, 0.2) is 12.1 Å². The number of hydrogen-bond donors (Lipinski definition) is 0. The molecular formula is C10H8I2O2. The summed E-state index contributed by atoms with van der Waals surface area (Å²) in [4.78, 5) is 11.3. The molecule has 0 aliphatic carbocycles. The van der Waals surface area contributed by atoms with E-state index in [1.807, 2.05) is 0 Å². The van der Waals surface area contributed by atoms with Crippen LogP contribution in [0.2, 0.25) is 0 Å². The molecule has 1 aliphatic rings. The first kappa shape index (κ1) is 10.7. The molecule has 0 fully saturated rings. The standard InChI is InChI=1S/C10H8I2O2/c11-7-5-4-6-2-1-3-8(13)14-10(6)9(7)12/h4-5H,1-3H2. The summed E-state index contributed by atoms with van der Waals surface area (Å²) in [7, 11) is 0. The minimum atomic E-state index is -0.108. The molecule has 2 nitrogen and oxygen atoms in total. The molecule has 0 saturated heterocycles. The van der Waals surface area contributed by atoms with Gasteiger partial charge in [-0.25, -0.2) is 0 Å². The van der Waals surface area contributed by atoms with Crippen molar-refractivity contribution in [3.8, 4) is 5.75 Å². The molecule has 0 radical (unpaired) electrons. The van der Waals surface area contributed by atoms with Crippen molar-refractivity contribution in [1.82, 2.24) is 0 Å². The number of fused-ring (bicyclic) bond motifs is 1. The van der Waals surface area contributed by atoms with Crippen LogP contribution >= 0.6 is 45.2 Å². The van der Waals surface area contributed by atoms with Gasteiger partial charge in [0, 0.05) is 9.99 Å². The molecule has 14 heavy (non-hydrogen) atoms. The van der Waals surface area contributed by atoms with E-state index in [-0.39, 0.29) is 5.97 Å². The predicted octanol–water partition coefficient (Wildman–Crippen LogP) is 3.14. The Hall–Kier alpha value is 0.150. The largest absolute Gasteiger partial charge is 0.425 e. The van der Waals surface area contributed by atoms with E-state index < -0.39 is 0 Å². The van der Waals surface area contributed by atoms with E-state index in [1.54, 1.807) is 0 Å². The monoisotopic (exact) mass is 414 g/mol. The van der Waals surface area contributed by atoms with Crippen molar-refractivity contribution in [3.63, 3.8) is 0 Å². The van der Waals surface area contributed by atoms with Gasteiger partial charge in [-0.05, 0) is 69.7 Å². The average Bonchev–Trinajstić information content (AvgIpc) is 2.34. The number of aryl methyl sites for hydroxylation is 1. The van der Waals surface area contributed by atoms with E-state index in [2.05, 4.69) is 57.3 Å². The van der Waals surface area contributed by atoms with Gasteiger partial charge in [-0.2, -0.15) is 0 Å². The quantitative estimate of drug-likeness (QED) is 0.371. The maximum absolute atomic E-state index is 11.3. The Morgan fingerprint density at radius 3 is 2.79 bits per heavy atom. The highest BCUT2D eigenvalue weighted by molar-refractivity contribution is 14.1. The van der Waals surface area contributed by atoms with E-state index in [0.717, 1.165) is 31.3 Å². The van der Waals surface area contributed by atoms with E-state index in [4.69, 9.17) is 4.74 Å². The second-order valence-electron chi connectivity index (χ2n) is 3.18. The summed E-state index contributed by atoms with van der Waals surface area (Å²) in [5.74, 6) is 0.670. The van der Waals surface area contributed by atoms with Gasteiger partial charge >= 0.3 is 5.97 Å². The van der Waals surface area contributed by atoms with Crippen LogP contribution < -0.4 is 4.74 Å². The number of hydrogen-bond acceptors (Lipinski definition) is 2. The highest BCUT2D eigenvalue weighted by Gasteiger charge is 2.18.